The van der Waals surface area contributed by atoms with Gasteiger partial charge in [0.2, 0.25) is 0 Å². The van der Waals surface area contributed by atoms with E-state index in [0.29, 0.717) is 12.1 Å². The van der Waals surface area contributed by atoms with Crippen LogP contribution in [0, 0.1) is 5.82 Å². The van der Waals surface area contributed by atoms with Gasteiger partial charge in [-0.15, -0.1) is 0 Å². The lowest BCUT2D eigenvalue weighted by Crippen LogP contribution is -2.06. The zero-order valence-corrected chi connectivity index (χ0v) is 11.0. The molecule has 0 saturated carbocycles. The van der Waals surface area contributed by atoms with Crippen LogP contribution in [-0.2, 0) is 6.54 Å². The van der Waals surface area contributed by atoms with Gasteiger partial charge in [-0.2, -0.15) is 0 Å². The van der Waals surface area contributed by atoms with Crippen molar-refractivity contribution in [3.05, 3.63) is 53.8 Å². The van der Waals surface area contributed by atoms with Crippen LogP contribution in [-0.4, -0.2) is 11.5 Å². The SMILES string of the molecule is CCCNc1cccc(NCc2ccccc2F)n1. The fourth-order valence-electron chi connectivity index (χ4n) is 1.71. The van der Waals surface area contributed by atoms with E-state index in [1.54, 1.807) is 12.1 Å². The number of benzene rings is 1. The van der Waals surface area contributed by atoms with Gasteiger partial charge in [-0.1, -0.05) is 31.2 Å². The van der Waals surface area contributed by atoms with Gasteiger partial charge in [0.05, 0.1) is 0 Å². The third-order valence-corrected chi connectivity index (χ3v) is 2.72. The molecule has 0 spiro atoms. The summed E-state index contributed by atoms with van der Waals surface area (Å²) in [7, 11) is 0. The molecule has 3 nitrogen and oxygen atoms in total. The highest BCUT2D eigenvalue weighted by Crippen LogP contribution is 2.12. The van der Waals surface area contributed by atoms with Crippen LogP contribution < -0.4 is 10.6 Å². The summed E-state index contributed by atoms with van der Waals surface area (Å²) in [5.41, 5.74) is 0.635. The summed E-state index contributed by atoms with van der Waals surface area (Å²) < 4.78 is 13.5. The van der Waals surface area contributed by atoms with Crippen molar-refractivity contribution < 1.29 is 4.39 Å². The fraction of sp³-hybridized carbons (Fsp3) is 0.267. The maximum atomic E-state index is 13.5. The van der Waals surface area contributed by atoms with Crippen molar-refractivity contribution in [2.24, 2.45) is 0 Å². The van der Waals surface area contributed by atoms with Crippen LogP contribution in [0.1, 0.15) is 18.9 Å². The van der Waals surface area contributed by atoms with Gasteiger partial charge >= 0.3 is 0 Å². The second kappa shape index (κ2) is 6.73. The highest BCUT2D eigenvalue weighted by molar-refractivity contribution is 5.45. The van der Waals surface area contributed by atoms with Gasteiger partial charge in [-0.25, -0.2) is 9.37 Å². The minimum absolute atomic E-state index is 0.199. The average molecular weight is 259 g/mol. The number of hydrogen-bond acceptors (Lipinski definition) is 3. The Morgan fingerprint density at radius 2 is 1.74 bits per heavy atom. The minimum atomic E-state index is -0.199. The monoisotopic (exact) mass is 259 g/mol. The van der Waals surface area contributed by atoms with Crippen LogP contribution in [0.3, 0.4) is 0 Å². The predicted molar refractivity (Wildman–Crippen MR) is 76.7 cm³/mol. The number of nitrogens with one attached hydrogen (secondary N) is 2. The van der Waals surface area contributed by atoms with E-state index in [4.69, 9.17) is 0 Å². The van der Waals surface area contributed by atoms with Crippen LogP contribution >= 0.6 is 0 Å². The second-order valence-electron chi connectivity index (χ2n) is 4.28. The standard InChI is InChI=1S/C15H18FN3/c1-2-10-17-14-8-5-9-15(19-14)18-11-12-6-3-4-7-13(12)16/h3-9H,2,10-11H2,1H3,(H2,17,18,19). The minimum Gasteiger partial charge on any atom is -0.370 e. The topological polar surface area (TPSA) is 37.0 Å². The van der Waals surface area contributed by atoms with Crippen LogP contribution in [0.15, 0.2) is 42.5 Å². The number of halogens is 1. The Bertz CT molecular complexity index is 528. The Balaban J connectivity index is 1.98. The quantitative estimate of drug-likeness (QED) is 0.831. The summed E-state index contributed by atoms with van der Waals surface area (Å²) >= 11 is 0. The van der Waals surface area contributed by atoms with Crippen molar-refractivity contribution in [3.63, 3.8) is 0 Å². The largest absolute Gasteiger partial charge is 0.370 e. The Labute approximate surface area is 112 Å². The molecule has 0 saturated heterocycles. The van der Waals surface area contributed by atoms with Crippen molar-refractivity contribution in [1.82, 2.24) is 4.98 Å². The van der Waals surface area contributed by atoms with Crippen LogP contribution in [0.5, 0.6) is 0 Å². The molecule has 100 valence electrons. The molecule has 0 radical (unpaired) electrons. The number of aromatic nitrogens is 1. The molecule has 2 rings (SSSR count). The lowest BCUT2D eigenvalue weighted by molar-refractivity contribution is 0.613. The second-order valence-corrected chi connectivity index (χ2v) is 4.28. The van der Waals surface area contributed by atoms with Gasteiger partial charge in [0, 0.05) is 18.7 Å². The van der Waals surface area contributed by atoms with Crippen molar-refractivity contribution in [2.75, 3.05) is 17.2 Å². The van der Waals surface area contributed by atoms with E-state index in [1.807, 2.05) is 24.3 Å². The maximum Gasteiger partial charge on any atom is 0.128 e. The number of hydrogen-bond donors (Lipinski definition) is 2. The number of anilines is 2. The van der Waals surface area contributed by atoms with E-state index >= 15 is 0 Å². The number of nitrogens with zero attached hydrogens (tertiary/aromatic N) is 1. The van der Waals surface area contributed by atoms with E-state index in [9.17, 15) is 4.39 Å². The zero-order valence-electron chi connectivity index (χ0n) is 11.0. The first-order valence-electron chi connectivity index (χ1n) is 6.48. The Morgan fingerprint density at radius 3 is 2.47 bits per heavy atom. The Morgan fingerprint density at radius 1 is 1.00 bits per heavy atom. The molecule has 0 bridgehead atoms. The first-order chi connectivity index (χ1) is 9.29. The highest BCUT2D eigenvalue weighted by atomic mass is 19.1. The van der Waals surface area contributed by atoms with Crippen LogP contribution in [0.25, 0.3) is 0 Å². The molecule has 4 heteroatoms. The third-order valence-electron chi connectivity index (χ3n) is 2.72. The van der Waals surface area contributed by atoms with Gasteiger partial charge in [-0.3, -0.25) is 0 Å². The summed E-state index contributed by atoms with van der Waals surface area (Å²) in [5.74, 6) is 1.38. The Hall–Kier alpha value is -2.10. The lowest BCUT2D eigenvalue weighted by atomic mass is 10.2. The molecule has 0 aliphatic rings. The van der Waals surface area contributed by atoms with E-state index in [-0.39, 0.29) is 5.82 Å². The summed E-state index contributed by atoms with van der Waals surface area (Å²) in [6.45, 7) is 3.42. The molecule has 0 aliphatic carbocycles. The van der Waals surface area contributed by atoms with Crippen molar-refractivity contribution in [3.8, 4) is 0 Å². The molecule has 0 aliphatic heterocycles. The smallest absolute Gasteiger partial charge is 0.128 e. The fourth-order valence-corrected chi connectivity index (χ4v) is 1.71. The molecule has 0 unspecified atom stereocenters. The molecule has 0 fully saturated rings. The van der Waals surface area contributed by atoms with Crippen molar-refractivity contribution in [1.29, 1.82) is 0 Å². The highest BCUT2D eigenvalue weighted by Gasteiger charge is 2.01. The van der Waals surface area contributed by atoms with Gasteiger partial charge in [0.15, 0.2) is 0 Å². The maximum absolute atomic E-state index is 13.5. The van der Waals surface area contributed by atoms with Crippen LogP contribution in [0.2, 0.25) is 0 Å². The Kier molecular flexibility index (Phi) is 4.72. The molecule has 1 aromatic carbocycles. The molecular weight excluding hydrogens is 241 g/mol. The summed E-state index contributed by atoms with van der Waals surface area (Å²) in [5, 5.41) is 6.35. The first kappa shape index (κ1) is 13.3. The third kappa shape index (κ3) is 3.95. The molecule has 2 aromatic rings. The average Bonchev–Trinajstić information content (AvgIpc) is 2.45. The summed E-state index contributed by atoms with van der Waals surface area (Å²) in [4.78, 5) is 4.41. The lowest BCUT2D eigenvalue weighted by Gasteiger charge is -2.09. The van der Waals surface area contributed by atoms with Gasteiger partial charge < -0.3 is 10.6 Å². The van der Waals surface area contributed by atoms with Crippen molar-refractivity contribution >= 4 is 11.6 Å². The van der Waals surface area contributed by atoms with E-state index in [1.165, 1.54) is 6.07 Å². The molecule has 0 amide bonds. The first-order valence-corrected chi connectivity index (χ1v) is 6.48. The van der Waals surface area contributed by atoms with Crippen LogP contribution in [0.4, 0.5) is 16.0 Å². The van der Waals surface area contributed by atoms with Gasteiger partial charge in [-0.05, 0) is 24.6 Å². The van der Waals surface area contributed by atoms with Gasteiger partial charge in [0.25, 0.3) is 0 Å². The van der Waals surface area contributed by atoms with Gasteiger partial charge in [0.1, 0.15) is 17.5 Å². The van der Waals surface area contributed by atoms with E-state index in [2.05, 4.69) is 22.5 Å². The summed E-state index contributed by atoms with van der Waals surface area (Å²) in [6, 6.07) is 12.5. The van der Waals surface area contributed by atoms with E-state index < -0.39 is 0 Å². The molecule has 2 N–H and O–H groups in total. The number of rotatable bonds is 6. The molecule has 1 heterocycles. The molecule has 1 aromatic heterocycles. The molecule has 0 atom stereocenters. The molecule has 19 heavy (non-hydrogen) atoms. The number of pyridine rings is 1. The zero-order chi connectivity index (χ0) is 13.5. The molecular formula is C15H18FN3. The summed E-state index contributed by atoms with van der Waals surface area (Å²) in [6.07, 6.45) is 1.05. The normalized spacial score (nSPS) is 10.2. The van der Waals surface area contributed by atoms with E-state index in [0.717, 1.165) is 24.6 Å². The predicted octanol–water partition coefficient (Wildman–Crippen LogP) is 3.65. The van der Waals surface area contributed by atoms with Crippen molar-refractivity contribution in [2.45, 2.75) is 19.9 Å².